The average Bonchev–Trinajstić information content (AvgIpc) is 2.58. The van der Waals surface area contributed by atoms with Crippen LogP contribution in [0.25, 0.3) is 0 Å². The number of nitrogens with zero attached hydrogens (tertiary/aromatic N) is 2. The van der Waals surface area contributed by atoms with Crippen LogP contribution in [-0.2, 0) is 29.1 Å². The van der Waals surface area contributed by atoms with E-state index < -0.39 is 11.5 Å². The highest BCUT2D eigenvalue weighted by Gasteiger charge is 2.32. The molecule has 2 aromatic heterocycles. The molecule has 0 bridgehead atoms. The van der Waals surface area contributed by atoms with Gasteiger partial charge in [-0.15, -0.1) is 0 Å². The van der Waals surface area contributed by atoms with Gasteiger partial charge >= 0.3 is 0 Å². The second kappa shape index (κ2) is 6.78. The smallest absolute Gasteiger partial charge is 0.257 e. The molecule has 3 heterocycles. The number of hydrogen-bond acceptors (Lipinski definition) is 5. The standard InChI is InChI=1S/C18H21N3O4/c1-12-4-3-5-16(22)21(12)11-18(2,24)17(23)20-14-8-13-10-25-7-6-15(13)19-9-14/h3-5,8-9,24H,6-7,10-11H2,1-2H3,(H,20,23). The maximum absolute atomic E-state index is 12.5. The summed E-state index contributed by atoms with van der Waals surface area (Å²) in [6.45, 7) is 4.11. The van der Waals surface area contributed by atoms with Gasteiger partial charge in [-0.3, -0.25) is 14.6 Å². The monoisotopic (exact) mass is 343 g/mol. The average molecular weight is 343 g/mol. The van der Waals surface area contributed by atoms with Gasteiger partial charge in [0.05, 0.1) is 31.6 Å². The summed E-state index contributed by atoms with van der Waals surface area (Å²) in [6, 6.07) is 6.59. The van der Waals surface area contributed by atoms with Crippen molar-refractivity contribution < 1.29 is 14.6 Å². The number of amides is 1. The van der Waals surface area contributed by atoms with Gasteiger partial charge in [-0.2, -0.15) is 0 Å². The molecule has 0 radical (unpaired) electrons. The topological polar surface area (TPSA) is 93.5 Å². The Morgan fingerprint density at radius 3 is 3.04 bits per heavy atom. The quantitative estimate of drug-likeness (QED) is 0.864. The highest BCUT2D eigenvalue weighted by atomic mass is 16.5. The summed E-state index contributed by atoms with van der Waals surface area (Å²) >= 11 is 0. The fourth-order valence-electron chi connectivity index (χ4n) is 2.78. The van der Waals surface area contributed by atoms with Crippen molar-refractivity contribution in [2.45, 2.75) is 39.0 Å². The Labute approximate surface area is 145 Å². The van der Waals surface area contributed by atoms with Crippen molar-refractivity contribution in [3.8, 4) is 0 Å². The van der Waals surface area contributed by atoms with Crippen LogP contribution in [-0.4, -0.2) is 32.8 Å². The molecule has 7 nitrogen and oxygen atoms in total. The summed E-state index contributed by atoms with van der Waals surface area (Å²) in [5.41, 5.74) is 1.05. The van der Waals surface area contributed by atoms with Gasteiger partial charge in [0.25, 0.3) is 11.5 Å². The number of nitrogens with one attached hydrogen (secondary N) is 1. The molecule has 1 aliphatic rings. The number of aryl methyl sites for hydroxylation is 1. The zero-order valence-corrected chi connectivity index (χ0v) is 14.3. The summed E-state index contributed by atoms with van der Waals surface area (Å²) in [5.74, 6) is -0.596. The molecule has 0 fully saturated rings. The van der Waals surface area contributed by atoms with Gasteiger partial charge < -0.3 is 19.7 Å². The highest BCUT2D eigenvalue weighted by molar-refractivity contribution is 5.96. The van der Waals surface area contributed by atoms with Crippen molar-refractivity contribution in [2.75, 3.05) is 11.9 Å². The van der Waals surface area contributed by atoms with Gasteiger partial charge in [-0.05, 0) is 26.0 Å². The SMILES string of the molecule is Cc1cccc(=O)n1CC(C)(O)C(=O)Nc1cnc2c(c1)COCC2. The van der Waals surface area contributed by atoms with E-state index in [2.05, 4.69) is 10.3 Å². The molecule has 0 saturated carbocycles. The third-order valence-electron chi connectivity index (χ3n) is 4.28. The van der Waals surface area contributed by atoms with E-state index in [9.17, 15) is 14.7 Å². The Kier molecular flexibility index (Phi) is 4.69. The van der Waals surface area contributed by atoms with E-state index in [-0.39, 0.29) is 12.1 Å². The first kappa shape index (κ1) is 17.3. The Balaban J connectivity index is 1.76. The highest BCUT2D eigenvalue weighted by Crippen LogP contribution is 2.20. The number of anilines is 1. The van der Waals surface area contributed by atoms with Crippen LogP contribution < -0.4 is 10.9 Å². The van der Waals surface area contributed by atoms with Gasteiger partial charge in [-0.25, -0.2) is 0 Å². The first-order valence-electron chi connectivity index (χ1n) is 8.13. The number of ether oxygens (including phenoxy) is 1. The fraction of sp³-hybridized carbons (Fsp3) is 0.389. The van der Waals surface area contributed by atoms with Crippen molar-refractivity contribution in [1.29, 1.82) is 0 Å². The molecule has 0 saturated heterocycles. The van der Waals surface area contributed by atoms with Crippen LogP contribution in [0.3, 0.4) is 0 Å². The second-order valence-corrected chi connectivity index (χ2v) is 6.45. The summed E-state index contributed by atoms with van der Waals surface area (Å²) in [6.07, 6.45) is 2.32. The summed E-state index contributed by atoms with van der Waals surface area (Å²) in [4.78, 5) is 28.8. The predicted octanol–water partition coefficient (Wildman–Crippen LogP) is 1.01. The first-order valence-corrected chi connectivity index (χ1v) is 8.13. The second-order valence-electron chi connectivity index (χ2n) is 6.45. The zero-order valence-electron chi connectivity index (χ0n) is 14.3. The lowest BCUT2D eigenvalue weighted by Crippen LogP contribution is -2.46. The van der Waals surface area contributed by atoms with Gasteiger partial charge in [0.1, 0.15) is 0 Å². The molecule has 1 unspecified atom stereocenters. The van der Waals surface area contributed by atoms with E-state index in [0.717, 1.165) is 17.7 Å². The van der Waals surface area contributed by atoms with Crippen molar-refractivity contribution in [3.63, 3.8) is 0 Å². The molecule has 1 amide bonds. The van der Waals surface area contributed by atoms with Crippen LogP contribution >= 0.6 is 0 Å². The number of carbonyl (C=O) groups excluding carboxylic acids is 1. The number of aromatic nitrogens is 2. The minimum absolute atomic E-state index is 0.133. The van der Waals surface area contributed by atoms with E-state index in [4.69, 9.17) is 4.74 Å². The summed E-state index contributed by atoms with van der Waals surface area (Å²) < 4.78 is 6.76. The molecule has 2 N–H and O–H groups in total. The summed E-state index contributed by atoms with van der Waals surface area (Å²) in [7, 11) is 0. The van der Waals surface area contributed by atoms with Crippen LogP contribution in [0.5, 0.6) is 0 Å². The molecule has 132 valence electrons. The lowest BCUT2D eigenvalue weighted by atomic mass is 10.0. The third-order valence-corrected chi connectivity index (χ3v) is 4.28. The number of aliphatic hydroxyl groups is 1. The Bertz CT molecular complexity index is 858. The van der Waals surface area contributed by atoms with Crippen LogP contribution in [0.2, 0.25) is 0 Å². The van der Waals surface area contributed by atoms with Gasteiger partial charge in [0.15, 0.2) is 5.60 Å². The van der Waals surface area contributed by atoms with Crippen molar-refractivity contribution >= 4 is 11.6 Å². The molecular weight excluding hydrogens is 322 g/mol. The molecule has 1 aliphatic heterocycles. The molecule has 0 aliphatic carbocycles. The van der Waals surface area contributed by atoms with E-state index >= 15 is 0 Å². The molecule has 1 atom stereocenters. The van der Waals surface area contributed by atoms with Gasteiger partial charge in [0.2, 0.25) is 0 Å². The molecular formula is C18H21N3O4. The van der Waals surface area contributed by atoms with Gasteiger partial charge in [-0.1, -0.05) is 6.07 Å². The fourth-order valence-corrected chi connectivity index (χ4v) is 2.78. The van der Waals surface area contributed by atoms with Crippen LogP contribution in [0.15, 0.2) is 35.3 Å². The molecule has 25 heavy (non-hydrogen) atoms. The zero-order chi connectivity index (χ0) is 18.0. The lowest BCUT2D eigenvalue weighted by molar-refractivity contribution is -0.133. The van der Waals surface area contributed by atoms with E-state index in [1.807, 2.05) is 0 Å². The maximum atomic E-state index is 12.5. The molecule has 7 heteroatoms. The molecule has 0 spiro atoms. The van der Waals surface area contributed by atoms with Crippen LogP contribution in [0, 0.1) is 6.92 Å². The van der Waals surface area contributed by atoms with Gasteiger partial charge in [0, 0.05) is 29.4 Å². The molecule has 2 aromatic rings. The largest absolute Gasteiger partial charge is 0.378 e. The predicted molar refractivity (Wildman–Crippen MR) is 92.3 cm³/mol. The lowest BCUT2D eigenvalue weighted by Gasteiger charge is -2.24. The van der Waals surface area contributed by atoms with Crippen LogP contribution in [0.1, 0.15) is 23.9 Å². The molecule has 0 aromatic carbocycles. The normalized spacial score (nSPS) is 16.0. The van der Waals surface area contributed by atoms with E-state index in [1.54, 1.807) is 31.3 Å². The maximum Gasteiger partial charge on any atom is 0.257 e. The first-order chi connectivity index (χ1) is 11.9. The number of carbonyl (C=O) groups is 1. The molecule has 3 rings (SSSR count). The number of rotatable bonds is 4. The Hall–Kier alpha value is -2.51. The number of pyridine rings is 2. The third kappa shape index (κ3) is 3.78. The number of fused-ring (bicyclic) bond motifs is 1. The van der Waals surface area contributed by atoms with E-state index in [1.165, 1.54) is 17.6 Å². The van der Waals surface area contributed by atoms with E-state index in [0.29, 0.717) is 24.6 Å². The van der Waals surface area contributed by atoms with Crippen LogP contribution in [0.4, 0.5) is 5.69 Å². The Morgan fingerprint density at radius 1 is 1.48 bits per heavy atom. The minimum atomic E-state index is -1.75. The Morgan fingerprint density at radius 2 is 2.28 bits per heavy atom. The van der Waals surface area contributed by atoms with Crippen molar-refractivity contribution in [3.05, 3.63) is 57.8 Å². The van der Waals surface area contributed by atoms with Crippen molar-refractivity contribution in [1.82, 2.24) is 9.55 Å². The minimum Gasteiger partial charge on any atom is -0.378 e. The number of hydrogen-bond donors (Lipinski definition) is 2. The van der Waals surface area contributed by atoms with Crippen molar-refractivity contribution in [2.24, 2.45) is 0 Å². The summed E-state index contributed by atoms with van der Waals surface area (Å²) in [5, 5.41) is 13.2.